The highest BCUT2D eigenvalue weighted by atomic mass is 35.5. The van der Waals surface area contributed by atoms with Gasteiger partial charge in [0.2, 0.25) is 0 Å². The van der Waals surface area contributed by atoms with E-state index in [-0.39, 0.29) is 24.8 Å². The number of hydrogen-bond acceptors (Lipinski definition) is 5. The molecule has 0 amide bonds. The molecule has 0 aliphatic carbocycles. The molecule has 4 rings (SSSR count). The molecule has 28 heavy (non-hydrogen) atoms. The molecule has 8 nitrogen and oxygen atoms in total. The van der Waals surface area contributed by atoms with E-state index in [1.54, 1.807) is 0 Å². The van der Waals surface area contributed by atoms with Crippen LogP contribution in [0, 0.1) is 0 Å². The van der Waals surface area contributed by atoms with Crippen molar-refractivity contribution in [3.8, 4) is 11.5 Å². The number of imidazole rings is 2. The fourth-order valence-electron chi connectivity index (χ4n) is 3.62. The predicted octanol–water partition coefficient (Wildman–Crippen LogP) is 2.76. The van der Waals surface area contributed by atoms with Crippen LogP contribution in [0.3, 0.4) is 0 Å². The van der Waals surface area contributed by atoms with Crippen LogP contribution in [0.5, 0.6) is 0 Å². The van der Waals surface area contributed by atoms with Crippen LogP contribution in [0.15, 0.2) is 31.0 Å². The summed E-state index contributed by atoms with van der Waals surface area (Å²) in [6.45, 7) is 6.09. The molecule has 4 heterocycles. The second kappa shape index (κ2) is 10.6. The summed E-state index contributed by atoms with van der Waals surface area (Å²) in [4.78, 5) is 8.89. The highest BCUT2D eigenvalue weighted by molar-refractivity contribution is 5.85. The molecule has 0 aromatic carbocycles. The lowest BCUT2D eigenvalue weighted by Crippen LogP contribution is -2.29. The predicted molar refractivity (Wildman–Crippen MR) is 113 cm³/mol. The topological polar surface area (TPSA) is 78.4 Å². The molecule has 0 bridgehead atoms. The zero-order chi connectivity index (χ0) is 17.8. The Bertz CT molecular complexity index is 834. The van der Waals surface area contributed by atoms with Crippen molar-refractivity contribution < 1.29 is 0 Å². The molecular formula is C18H28Cl2N8. The Balaban J connectivity index is 0.00000140. The van der Waals surface area contributed by atoms with Gasteiger partial charge >= 0.3 is 0 Å². The Kier molecular flexibility index (Phi) is 8.47. The molecule has 154 valence electrons. The van der Waals surface area contributed by atoms with Gasteiger partial charge in [0.1, 0.15) is 11.5 Å². The summed E-state index contributed by atoms with van der Waals surface area (Å²) in [5.41, 5.74) is 0.852. The van der Waals surface area contributed by atoms with Crippen molar-refractivity contribution >= 4 is 24.8 Å². The number of aryl methyl sites for hydroxylation is 3. The molecule has 3 aromatic heterocycles. The van der Waals surface area contributed by atoms with Gasteiger partial charge in [0, 0.05) is 44.3 Å². The van der Waals surface area contributed by atoms with Gasteiger partial charge in [0.05, 0.1) is 12.2 Å². The first kappa shape index (κ1) is 22.4. The van der Waals surface area contributed by atoms with Crippen molar-refractivity contribution in [1.82, 2.24) is 39.4 Å². The lowest BCUT2D eigenvalue weighted by molar-refractivity contribution is 0.337. The normalized spacial score (nSPS) is 14.5. The van der Waals surface area contributed by atoms with Gasteiger partial charge in [-0.1, -0.05) is 12.1 Å². The van der Waals surface area contributed by atoms with Gasteiger partial charge in [-0.25, -0.2) is 14.6 Å². The van der Waals surface area contributed by atoms with Gasteiger partial charge in [0.25, 0.3) is 0 Å². The van der Waals surface area contributed by atoms with Gasteiger partial charge in [-0.15, -0.1) is 29.9 Å². The van der Waals surface area contributed by atoms with Gasteiger partial charge in [-0.2, -0.15) is 0 Å². The minimum Gasteiger partial charge on any atom is -0.335 e. The number of rotatable bonds is 7. The number of hydrogen-bond donors (Lipinski definition) is 1. The van der Waals surface area contributed by atoms with E-state index in [2.05, 4.69) is 47.9 Å². The Hall–Kier alpha value is -1.90. The number of nitrogens with one attached hydrogen (secondary N) is 1. The Morgan fingerprint density at radius 1 is 1.04 bits per heavy atom. The second-order valence-electron chi connectivity index (χ2n) is 6.75. The molecule has 3 aromatic rings. The summed E-state index contributed by atoms with van der Waals surface area (Å²) >= 11 is 0. The van der Waals surface area contributed by atoms with E-state index in [0.29, 0.717) is 6.04 Å². The van der Waals surface area contributed by atoms with Crippen molar-refractivity contribution in [1.29, 1.82) is 0 Å². The van der Waals surface area contributed by atoms with E-state index in [4.69, 9.17) is 0 Å². The van der Waals surface area contributed by atoms with Gasteiger partial charge in [-0.3, -0.25) is 0 Å². The monoisotopic (exact) mass is 426 g/mol. The van der Waals surface area contributed by atoms with E-state index >= 15 is 0 Å². The standard InChI is InChI=1S/C18H26N8.2ClH/c1-2-17-20-8-12-24(17)10-3-11-25-13-9-21-18(25)16-14-26(23-22-16)15-4-6-19-7-5-15;;/h8-9,12-15,19H,2-7,10-11H2,1H3;2*1H. The van der Waals surface area contributed by atoms with E-state index in [9.17, 15) is 0 Å². The lowest BCUT2D eigenvalue weighted by atomic mass is 10.1. The molecule has 1 fully saturated rings. The minimum atomic E-state index is 0. The fraction of sp³-hybridized carbons (Fsp3) is 0.556. The zero-order valence-corrected chi connectivity index (χ0v) is 17.7. The quantitative estimate of drug-likeness (QED) is 0.628. The highest BCUT2D eigenvalue weighted by Crippen LogP contribution is 2.21. The third-order valence-electron chi connectivity index (χ3n) is 5.05. The summed E-state index contributed by atoms with van der Waals surface area (Å²) in [6.07, 6.45) is 14.0. The molecule has 1 aliphatic rings. The average molecular weight is 427 g/mol. The molecule has 0 saturated carbocycles. The Morgan fingerprint density at radius 3 is 2.54 bits per heavy atom. The number of nitrogens with zero attached hydrogens (tertiary/aromatic N) is 7. The van der Waals surface area contributed by atoms with Crippen molar-refractivity contribution in [3.05, 3.63) is 36.8 Å². The lowest BCUT2D eigenvalue weighted by Gasteiger charge is -2.22. The Morgan fingerprint density at radius 2 is 1.75 bits per heavy atom. The SMILES string of the molecule is CCc1nccn1CCCn1ccnc1-c1cn(C2CCNCC2)nn1.Cl.Cl. The third-order valence-corrected chi connectivity index (χ3v) is 5.05. The molecule has 1 aliphatic heterocycles. The zero-order valence-electron chi connectivity index (χ0n) is 16.1. The van der Waals surface area contributed by atoms with Crippen molar-refractivity contribution in [3.63, 3.8) is 0 Å². The third kappa shape index (κ3) is 4.92. The first-order valence-electron chi connectivity index (χ1n) is 9.49. The molecule has 0 spiro atoms. The first-order valence-corrected chi connectivity index (χ1v) is 9.49. The van der Waals surface area contributed by atoms with E-state index in [0.717, 1.165) is 69.2 Å². The van der Waals surface area contributed by atoms with Crippen LogP contribution >= 0.6 is 24.8 Å². The molecule has 1 saturated heterocycles. The largest absolute Gasteiger partial charge is 0.335 e. The molecular weight excluding hydrogens is 399 g/mol. The maximum atomic E-state index is 4.51. The van der Waals surface area contributed by atoms with E-state index in [1.807, 2.05) is 29.5 Å². The van der Waals surface area contributed by atoms with Crippen LogP contribution in [0.1, 0.15) is 38.1 Å². The average Bonchev–Trinajstić information content (AvgIpc) is 3.42. The van der Waals surface area contributed by atoms with Crippen molar-refractivity contribution in [2.24, 2.45) is 0 Å². The van der Waals surface area contributed by atoms with Crippen molar-refractivity contribution in [2.75, 3.05) is 13.1 Å². The molecule has 10 heteroatoms. The molecule has 0 atom stereocenters. The maximum Gasteiger partial charge on any atom is 0.162 e. The van der Waals surface area contributed by atoms with Crippen LogP contribution in [0.25, 0.3) is 11.5 Å². The smallest absolute Gasteiger partial charge is 0.162 e. The van der Waals surface area contributed by atoms with E-state index in [1.165, 1.54) is 0 Å². The van der Waals surface area contributed by atoms with Crippen LogP contribution < -0.4 is 5.32 Å². The first-order chi connectivity index (χ1) is 12.8. The Labute approximate surface area is 177 Å². The van der Waals surface area contributed by atoms with Crippen LogP contribution in [0.4, 0.5) is 0 Å². The van der Waals surface area contributed by atoms with Gasteiger partial charge in [-0.05, 0) is 32.4 Å². The maximum absolute atomic E-state index is 4.51. The molecule has 0 unspecified atom stereocenters. The van der Waals surface area contributed by atoms with Crippen LogP contribution in [-0.2, 0) is 19.5 Å². The van der Waals surface area contributed by atoms with Crippen molar-refractivity contribution in [2.45, 2.75) is 51.7 Å². The molecule has 0 radical (unpaired) electrons. The summed E-state index contributed by atoms with van der Waals surface area (Å²) in [7, 11) is 0. The number of piperidine rings is 1. The summed E-state index contributed by atoms with van der Waals surface area (Å²) in [5, 5.41) is 12.1. The minimum absolute atomic E-state index is 0. The highest BCUT2D eigenvalue weighted by Gasteiger charge is 2.18. The van der Waals surface area contributed by atoms with Crippen LogP contribution in [-0.4, -0.2) is 47.2 Å². The summed E-state index contributed by atoms with van der Waals surface area (Å²) < 4.78 is 6.40. The fourth-order valence-corrected chi connectivity index (χ4v) is 3.62. The van der Waals surface area contributed by atoms with Crippen LogP contribution in [0.2, 0.25) is 0 Å². The molecule has 1 N–H and O–H groups in total. The summed E-state index contributed by atoms with van der Waals surface area (Å²) in [6, 6.07) is 0.439. The number of halogens is 2. The van der Waals surface area contributed by atoms with Gasteiger partial charge < -0.3 is 14.5 Å². The van der Waals surface area contributed by atoms with E-state index < -0.39 is 0 Å². The second-order valence-corrected chi connectivity index (χ2v) is 6.75. The summed E-state index contributed by atoms with van der Waals surface area (Å²) in [5.74, 6) is 2.03. The van der Waals surface area contributed by atoms with Gasteiger partial charge in [0.15, 0.2) is 5.82 Å². The number of aromatic nitrogens is 7.